The van der Waals surface area contributed by atoms with Crippen LogP contribution in [0.25, 0.3) is 0 Å². The number of fused-ring (bicyclic) bond motifs is 5. The van der Waals surface area contributed by atoms with Gasteiger partial charge >= 0.3 is 0 Å². The summed E-state index contributed by atoms with van der Waals surface area (Å²) in [4.78, 5) is 2.59. The zero-order valence-corrected chi connectivity index (χ0v) is 24.1. The van der Waals surface area contributed by atoms with Gasteiger partial charge in [-0.05, 0) is 147 Å². The summed E-state index contributed by atoms with van der Waals surface area (Å²) in [6, 6.07) is 13.2. The first-order valence-electron chi connectivity index (χ1n) is 15.7. The molecular weight excluding hydrogens is 466 g/mol. The van der Waals surface area contributed by atoms with E-state index in [4.69, 9.17) is 4.74 Å². The third-order valence-electron chi connectivity index (χ3n) is 11.5. The molecule has 3 fully saturated rings. The number of likely N-dealkylation sites (tertiary alicyclic amines) is 1. The average Bonchev–Trinajstić information content (AvgIpc) is 3.25. The molecular formula is C35H49NO2. The van der Waals surface area contributed by atoms with E-state index in [0.717, 1.165) is 42.9 Å². The second-order valence-electron chi connectivity index (χ2n) is 13.5. The van der Waals surface area contributed by atoms with E-state index in [1.54, 1.807) is 5.56 Å². The summed E-state index contributed by atoms with van der Waals surface area (Å²) in [7, 11) is 1.84. The van der Waals surface area contributed by atoms with Gasteiger partial charge in [-0.15, -0.1) is 0 Å². The maximum absolute atomic E-state index is 10.1. The Hall–Kier alpha value is -2.00. The van der Waals surface area contributed by atoms with Crippen molar-refractivity contribution in [1.82, 2.24) is 4.90 Å². The Bertz CT molecular complexity index is 1120. The van der Waals surface area contributed by atoms with Crippen LogP contribution in [0.15, 0.2) is 36.4 Å². The molecule has 4 aliphatic rings. The quantitative estimate of drug-likeness (QED) is 0.404. The highest BCUT2D eigenvalue weighted by atomic mass is 16.5. The minimum Gasteiger partial charge on any atom is -0.508 e. The van der Waals surface area contributed by atoms with Crippen LogP contribution in [-0.2, 0) is 19.4 Å². The molecule has 0 radical (unpaired) electrons. The van der Waals surface area contributed by atoms with Crippen LogP contribution in [0.4, 0.5) is 0 Å². The summed E-state index contributed by atoms with van der Waals surface area (Å²) in [5.41, 5.74) is 6.25. The molecule has 3 heteroatoms. The normalized spacial score (nSPS) is 32.9. The van der Waals surface area contributed by atoms with Gasteiger partial charge in [-0.3, -0.25) is 4.90 Å². The smallest absolute Gasteiger partial charge is 0.123 e. The monoisotopic (exact) mass is 515 g/mol. The van der Waals surface area contributed by atoms with E-state index in [1.165, 1.54) is 87.6 Å². The van der Waals surface area contributed by atoms with Crippen LogP contribution in [0.2, 0.25) is 0 Å². The van der Waals surface area contributed by atoms with Crippen LogP contribution < -0.4 is 4.74 Å². The number of ether oxygens (including phenoxy) is 1. The predicted octanol–water partition coefficient (Wildman–Crippen LogP) is 8.13. The van der Waals surface area contributed by atoms with Crippen LogP contribution in [0.1, 0.15) is 99.8 Å². The van der Waals surface area contributed by atoms with Crippen LogP contribution in [0.3, 0.4) is 0 Å². The fraction of sp³-hybridized carbons (Fsp3) is 0.657. The van der Waals surface area contributed by atoms with Crippen molar-refractivity contribution in [2.75, 3.05) is 20.2 Å². The number of aryl methyl sites for hydroxylation is 1. The highest BCUT2D eigenvalue weighted by Crippen LogP contribution is 2.64. The fourth-order valence-corrected chi connectivity index (χ4v) is 9.53. The number of benzene rings is 2. The summed E-state index contributed by atoms with van der Waals surface area (Å²) < 4.78 is 5.85. The van der Waals surface area contributed by atoms with Gasteiger partial charge in [0.25, 0.3) is 0 Å². The highest BCUT2D eigenvalue weighted by molar-refractivity contribution is 5.41. The molecule has 38 heavy (non-hydrogen) atoms. The van der Waals surface area contributed by atoms with Crippen molar-refractivity contribution in [3.8, 4) is 11.5 Å². The van der Waals surface area contributed by atoms with Gasteiger partial charge in [-0.1, -0.05) is 38.5 Å². The molecule has 2 aromatic carbocycles. The van der Waals surface area contributed by atoms with Gasteiger partial charge < -0.3 is 9.84 Å². The summed E-state index contributed by atoms with van der Waals surface area (Å²) in [5.74, 6) is 5.46. The Balaban J connectivity index is 1.08. The van der Waals surface area contributed by atoms with Crippen molar-refractivity contribution in [1.29, 1.82) is 0 Å². The highest BCUT2D eigenvalue weighted by Gasteiger charge is 2.55. The number of phenols is 1. The van der Waals surface area contributed by atoms with E-state index < -0.39 is 0 Å². The third kappa shape index (κ3) is 4.89. The third-order valence-corrected chi connectivity index (χ3v) is 11.5. The molecule has 2 saturated carbocycles. The average molecular weight is 516 g/mol. The number of rotatable bonds is 7. The van der Waals surface area contributed by atoms with Crippen molar-refractivity contribution in [3.63, 3.8) is 0 Å². The molecule has 6 rings (SSSR count). The maximum atomic E-state index is 10.1. The molecule has 3 aliphatic carbocycles. The first-order chi connectivity index (χ1) is 18.5. The molecule has 1 saturated heterocycles. The van der Waals surface area contributed by atoms with E-state index >= 15 is 0 Å². The number of hydrogen-bond donors (Lipinski definition) is 1. The van der Waals surface area contributed by atoms with Gasteiger partial charge in [0.15, 0.2) is 0 Å². The number of piperidine rings is 1. The molecule has 4 unspecified atom stereocenters. The molecule has 1 aliphatic heterocycles. The second-order valence-corrected chi connectivity index (χ2v) is 13.5. The lowest BCUT2D eigenvalue weighted by atomic mass is 9.51. The lowest BCUT2D eigenvalue weighted by Gasteiger charge is -2.53. The Morgan fingerprint density at radius 1 is 1.03 bits per heavy atom. The molecule has 0 amide bonds. The van der Waals surface area contributed by atoms with Crippen LogP contribution in [0, 0.1) is 29.1 Å². The molecule has 206 valence electrons. The Morgan fingerprint density at radius 3 is 2.68 bits per heavy atom. The second kappa shape index (κ2) is 10.9. The minimum absolute atomic E-state index is 0.435. The number of nitrogens with zero attached hydrogens (tertiary/aromatic N) is 1. The maximum Gasteiger partial charge on any atom is 0.123 e. The van der Waals surface area contributed by atoms with E-state index in [-0.39, 0.29) is 0 Å². The zero-order chi connectivity index (χ0) is 26.3. The van der Waals surface area contributed by atoms with Crippen LogP contribution in [-0.4, -0.2) is 30.2 Å². The molecule has 1 N–H and O–H groups in total. The van der Waals surface area contributed by atoms with Crippen molar-refractivity contribution in [2.45, 2.75) is 96.9 Å². The molecule has 1 heterocycles. The number of phenolic OH excluding ortho intramolecular Hbond substituents is 1. The van der Waals surface area contributed by atoms with Gasteiger partial charge in [0.2, 0.25) is 0 Å². The van der Waals surface area contributed by atoms with Crippen molar-refractivity contribution >= 4 is 0 Å². The van der Waals surface area contributed by atoms with Gasteiger partial charge in [-0.25, -0.2) is 0 Å². The molecule has 0 bridgehead atoms. The van der Waals surface area contributed by atoms with Gasteiger partial charge in [0.1, 0.15) is 11.5 Å². The standard InChI is InChI=1S/C35H49NO2/c1-24-20-27-22-29(37)13-14-30(27)31-16-17-35(2)28(12-15-32(35)34(24)31)9-7-8-25-10-11-26(33(21-25)38-3)23-36-18-5-4-6-19-36/h10-11,13-14,21-22,24,28,31-32,34,37H,4-9,12,15-20,23H2,1-3H3/t24-,28+,31?,32?,34?,35?/m1/s1. The largest absolute Gasteiger partial charge is 0.508 e. The van der Waals surface area contributed by atoms with Gasteiger partial charge in [0.05, 0.1) is 7.11 Å². The number of methoxy groups -OCH3 is 1. The summed E-state index contributed by atoms with van der Waals surface area (Å²) in [5, 5.41) is 10.1. The number of hydrogen-bond acceptors (Lipinski definition) is 3. The zero-order valence-electron chi connectivity index (χ0n) is 24.1. The summed E-state index contributed by atoms with van der Waals surface area (Å²) >= 11 is 0. The summed E-state index contributed by atoms with van der Waals surface area (Å²) in [6.07, 6.45) is 14.5. The minimum atomic E-state index is 0.435. The van der Waals surface area contributed by atoms with E-state index in [0.29, 0.717) is 23.0 Å². The number of aromatic hydroxyl groups is 1. The Kier molecular flexibility index (Phi) is 7.51. The van der Waals surface area contributed by atoms with Crippen LogP contribution in [0.5, 0.6) is 11.5 Å². The van der Waals surface area contributed by atoms with Crippen molar-refractivity contribution < 1.29 is 9.84 Å². The van der Waals surface area contributed by atoms with E-state index in [2.05, 4.69) is 43.0 Å². The summed E-state index contributed by atoms with van der Waals surface area (Å²) in [6.45, 7) is 8.62. The molecule has 6 atom stereocenters. The lowest BCUT2D eigenvalue weighted by Crippen LogP contribution is -2.45. The Morgan fingerprint density at radius 2 is 1.87 bits per heavy atom. The molecule has 0 aromatic heterocycles. The van der Waals surface area contributed by atoms with Crippen molar-refractivity contribution in [2.24, 2.45) is 29.1 Å². The lowest BCUT2D eigenvalue weighted by molar-refractivity contribution is 0.00335. The molecule has 0 spiro atoms. The van der Waals surface area contributed by atoms with Gasteiger partial charge in [0, 0.05) is 12.1 Å². The SMILES string of the molecule is COc1cc(CCC[C@H]2CCC3C4C(CCC32C)c2ccc(O)cc2C[C@H]4C)ccc1CN1CCCCC1. The van der Waals surface area contributed by atoms with Crippen molar-refractivity contribution in [3.05, 3.63) is 58.7 Å². The first-order valence-corrected chi connectivity index (χ1v) is 15.7. The molecule has 3 nitrogen and oxygen atoms in total. The van der Waals surface area contributed by atoms with E-state index in [9.17, 15) is 5.11 Å². The fourth-order valence-electron chi connectivity index (χ4n) is 9.53. The first kappa shape index (κ1) is 26.2. The Labute approximate surface area is 231 Å². The van der Waals surface area contributed by atoms with Gasteiger partial charge in [-0.2, -0.15) is 0 Å². The van der Waals surface area contributed by atoms with Crippen LogP contribution >= 0.6 is 0 Å². The predicted molar refractivity (Wildman–Crippen MR) is 156 cm³/mol. The van der Waals surface area contributed by atoms with E-state index in [1.807, 2.05) is 19.2 Å². The molecule has 2 aromatic rings. The topological polar surface area (TPSA) is 32.7 Å².